The van der Waals surface area contributed by atoms with Crippen LogP contribution in [-0.4, -0.2) is 10.8 Å². The van der Waals surface area contributed by atoms with E-state index in [9.17, 15) is 4.79 Å². The lowest BCUT2D eigenvalue weighted by Gasteiger charge is -2.13. The van der Waals surface area contributed by atoms with E-state index in [-0.39, 0.29) is 11.7 Å². The van der Waals surface area contributed by atoms with Crippen molar-refractivity contribution in [2.24, 2.45) is 5.92 Å². The Morgan fingerprint density at radius 1 is 1.30 bits per heavy atom. The highest BCUT2D eigenvalue weighted by Gasteiger charge is 2.21. The molecule has 1 aromatic carbocycles. The molecule has 0 saturated carbocycles. The van der Waals surface area contributed by atoms with Crippen molar-refractivity contribution >= 4 is 16.7 Å². The largest absolute Gasteiger partial charge is 0.360 e. The monoisotopic (exact) mass is 268 g/mol. The number of nitriles is 1. The molecule has 0 saturated heterocycles. The van der Waals surface area contributed by atoms with Gasteiger partial charge in [-0.25, -0.2) is 0 Å². The number of rotatable bonds is 6. The number of nitrogens with one attached hydrogen (secondary N) is 1. The number of hydrogen-bond acceptors (Lipinski definition) is 2. The second kappa shape index (κ2) is 6.38. The van der Waals surface area contributed by atoms with E-state index in [1.807, 2.05) is 6.07 Å². The summed E-state index contributed by atoms with van der Waals surface area (Å²) in [6, 6.07) is 7.54. The minimum absolute atomic E-state index is 0.111. The van der Waals surface area contributed by atoms with Gasteiger partial charge in [0.15, 0.2) is 5.78 Å². The van der Waals surface area contributed by atoms with Crippen molar-refractivity contribution in [1.29, 1.82) is 5.26 Å². The summed E-state index contributed by atoms with van der Waals surface area (Å²) in [4.78, 5) is 15.8. The molecule has 0 fully saturated rings. The highest BCUT2D eigenvalue weighted by atomic mass is 16.1. The molecular weight excluding hydrogens is 248 g/mol. The van der Waals surface area contributed by atoms with Crippen LogP contribution in [0.5, 0.6) is 0 Å². The van der Waals surface area contributed by atoms with Gasteiger partial charge in [0.1, 0.15) is 0 Å². The molecule has 0 spiro atoms. The first-order valence-corrected chi connectivity index (χ1v) is 7.26. The summed E-state index contributed by atoms with van der Waals surface area (Å²) in [7, 11) is 0. The Hall–Kier alpha value is -2.08. The maximum Gasteiger partial charge on any atom is 0.168 e. The fourth-order valence-corrected chi connectivity index (χ4v) is 2.72. The predicted molar refractivity (Wildman–Crippen MR) is 80.7 cm³/mol. The molecule has 20 heavy (non-hydrogen) atoms. The van der Waals surface area contributed by atoms with Crippen molar-refractivity contribution in [3.63, 3.8) is 0 Å². The van der Waals surface area contributed by atoms with E-state index in [0.29, 0.717) is 5.56 Å². The van der Waals surface area contributed by atoms with E-state index >= 15 is 0 Å². The van der Waals surface area contributed by atoms with Gasteiger partial charge in [-0.15, -0.1) is 0 Å². The van der Waals surface area contributed by atoms with Crippen LogP contribution in [0.15, 0.2) is 24.4 Å². The Morgan fingerprint density at radius 3 is 2.60 bits per heavy atom. The molecule has 0 unspecified atom stereocenters. The van der Waals surface area contributed by atoms with Crippen molar-refractivity contribution in [1.82, 2.24) is 4.98 Å². The summed E-state index contributed by atoms with van der Waals surface area (Å²) < 4.78 is 0. The molecule has 2 rings (SSSR count). The zero-order valence-corrected chi connectivity index (χ0v) is 12.1. The quantitative estimate of drug-likeness (QED) is 0.787. The third-order valence-electron chi connectivity index (χ3n) is 3.72. The Balaban J connectivity index is 2.37. The fraction of sp³-hybridized carbons (Fsp3) is 0.412. The van der Waals surface area contributed by atoms with Crippen LogP contribution >= 0.6 is 0 Å². The van der Waals surface area contributed by atoms with Gasteiger partial charge >= 0.3 is 0 Å². The van der Waals surface area contributed by atoms with Gasteiger partial charge in [0.25, 0.3) is 0 Å². The van der Waals surface area contributed by atoms with Gasteiger partial charge in [0.05, 0.1) is 11.6 Å². The van der Waals surface area contributed by atoms with Crippen molar-refractivity contribution in [2.75, 3.05) is 0 Å². The van der Waals surface area contributed by atoms with Crippen LogP contribution in [0.2, 0.25) is 0 Å². The molecule has 0 aliphatic rings. The third kappa shape index (κ3) is 2.75. The van der Waals surface area contributed by atoms with Gasteiger partial charge in [-0.1, -0.05) is 32.8 Å². The van der Waals surface area contributed by atoms with Crippen LogP contribution in [0.1, 0.15) is 55.5 Å². The Morgan fingerprint density at radius 2 is 2.00 bits per heavy atom. The van der Waals surface area contributed by atoms with E-state index in [1.165, 1.54) is 0 Å². The van der Waals surface area contributed by atoms with Gasteiger partial charge in [0.2, 0.25) is 0 Å². The molecule has 0 aliphatic carbocycles. The number of benzene rings is 1. The minimum atomic E-state index is 0.111. The minimum Gasteiger partial charge on any atom is -0.360 e. The van der Waals surface area contributed by atoms with Crippen LogP contribution in [0.25, 0.3) is 10.9 Å². The molecule has 1 heterocycles. The number of fused-ring (bicyclic) bond motifs is 1. The van der Waals surface area contributed by atoms with Crippen LogP contribution in [0.4, 0.5) is 0 Å². The zero-order chi connectivity index (χ0) is 14.5. The Kier molecular flexibility index (Phi) is 4.57. The zero-order valence-electron chi connectivity index (χ0n) is 12.1. The molecule has 104 valence electrons. The van der Waals surface area contributed by atoms with Gasteiger partial charge in [-0.2, -0.15) is 5.26 Å². The highest BCUT2D eigenvalue weighted by Crippen LogP contribution is 2.25. The van der Waals surface area contributed by atoms with Crippen molar-refractivity contribution < 1.29 is 4.79 Å². The molecule has 3 heteroatoms. The van der Waals surface area contributed by atoms with Gasteiger partial charge in [0, 0.05) is 28.6 Å². The Bertz CT molecular complexity index is 643. The number of Topliss-reactive ketones (excluding diaryl/α,β-unsaturated/α-hetero) is 1. The van der Waals surface area contributed by atoms with Crippen LogP contribution in [-0.2, 0) is 0 Å². The van der Waals surface area contributed by atoms with Crippen LogP contribution in [0.3, 0.4) is 0 Å². The van der Waals surface area contributed by atoms with E-state index in [2.05, 4.69) is 24.9 Å². The number of aromatic nitrogens is 1. The normalized spacial score (nSPS) is 10.9. The number of nitrogens with zero attached hydrogens (tertiary/aromatic N) is 1. The molecule has 0 bridgehead atoms. The van der Waals surface area contributed by atoms with E-state index in [0.717, 1.165) is 42.1 Å². The lowest BCUT2D eigenvalue weighted by Crippen LogP contribution is -2.14. The lowest BCUT2D eigenvalue weighted by atomic mass is 9.89. The summed E-state index contributed by atoms with van der Waals surface area (Å²) in [5.41, 5.74) is 2.23. The van der Waals surface area contributed by atoms with Crippen LogP contribution < -0.4 is 0 Å². The molecule has 1 aromatic heterocycles. The molecule has 3 nitrogen and oxygen atoms in total. The summed E-state index contributed by atoms with van der Waals surface area (Å²) in [5.74, 6) is 0.337. The first-order valence-electron chi connectivity index (χ1n) is 7.26. The second-order valence-corrected chi connectivity index (χ2v) is 5.21. The second-order valence-electron chi connectivity index (χ2n) is 5.21. The first kappa shape index (κ1) is 14.3. The summed E-state index contributed by atoms with van der Waals surface area (Å²) in [6.45, 7) is 4.23. The molecule has 0 amide bonds. The maximum absolute atomic E-state index is 12.7. The number of hydrogen-bond donors (Lipinski definition) is 1. The third-order valence-corrected chi connectivity index (χ3v) is 3.72. The van der Waals surface area contributed by atoms with E-state index < -0.39 is 0 Å². The Labute approximate surface area is 119 Å². The highest BCUT2D eigenvalue weighted by molar-refractivity contribution is 6.09. The molecule has 0 aliphatic heterocycles. The number of ketones is 1. The van der Waals surface area contributed by atoms with Gasteiger partial charge in [-0.3, -0.25) is 4.79 Å². The van der Waals surface area contributed by atoms with Crippen molar-refractivity contribution in [3.8, 4) is 6.07 Å². The number of aromatic amines is 1. The van der Waals surface area contributed by atoms with E-state index in [1.54, 1.807) is 18.3 Å². The summed E-state index contributed by atoms with van der Waals surface area (Å²) in [6.07, 6.45) is 5.71. The van der Waals surface area contributed by atoms with E-state index in [4.69, 9.17) is 5.26 Å². The number of carbonyl (C=O) groups is 1. The van der Waals surface area contributed by atoms with Crippen molar-refractivity contribution in [3.05, 3.63) is 35.5 Å². The van der Waals surface area contributed by atoms with Gasteiger partial charge < -0.3 is 4.98 Å². The van der Waals surface area contributed by atoms with Gasteiger partial charge in [-0.05, 0) is 25.0 Å². The average Bonchev–Trinajstić information content (AvgIpc) is 2.89. The first-order chi connectivity index (χ1) is 9.71. The predicted octanol–water partition coefficient (Wildman–Crippen LogP) is 4.44. The fourth-order valence-electron chi connectivity index (χ4n) is 2.72. The molecule has 0 radical (unpaired) electrons. The average molecular weight is 268 g/mol. The maximum atomic E-state index is 12.7. The topological polar surface area (TPSA) is 56.6 Å². The molecule has 2 aromatic rings. The smallest absolute Gasteiger partial charge is 0.168 e. The molecule has 0 atom stereocenters. The standard InChI is InChI=1S/C17H20N2O/c1-3-5-13(6-4-2)17(20)15-11-19-16-9-12(10-18)7-8-14(15)16/h7-9,11,13,19H,3-6H2,1-2H3. The molecule has 1 N–H and O–H groups in total. The van der Waals surface area contributed by atoms with Crippen LogP contribution in [0, 0.1) is 17.2 Å². The summed E-state index contributed by atoms with van der Waals surface area (Å²) >= 11 is 0. The lowest BCUT2D eigenvalue weighted by molar-refractivity contribution is 0.0906. The number of H-pyrrole nitrogens is 1. The van der Waals surface area contributed by atoms with Crippen molar-refractivity contribution in [2.45, 2.75) is 39.5 Å². The summed E-state index contributed by atoms with van der Waals surface area (Å²) in [5, 5.41) is 9.83. The molecular formula is C17H20N2O. The number of carbonyl (C=O) groups excluding carboxylic acids is 1. The SMILES string of the molecule is CCCC(CCC)C(=O)c1c[nH]c2cc(C#N)ccc12.